The second kappa shape index (κ2) is 6.02. The molecule has 1 heterocycles. The van der Waals surface area contributed by atoms with E-state index in [-0.39, 0.29) is 5.69 Å². The highest BCUT2D eigenvalue weighted by Gasteiger charge is 2.10. The van der Waals surface area contributed by atoms with Gasteiger partial charge >= 0.3 is 5.97 Å². The molecule has 1 aromatic heterocycles. The van der Waals surface area contributed by atoms with Gasteiger partial charge < -0.3 is 14.7 Å². The Morgan fingerprint density at radius 1 is 1.62 bits per heavy atom. The molecule has 0 spiro atoms. The van der Waals surface area contributed by atoms with Crippen molar-refractivity contribution in [3.05, 3.63) is 18.0 Å². The van der Waals surface area contributed by atoms with Crippen LogP contribution in [0.1, 0.15) is 17.4 Å². The van der Waals surface area contributed by atoms with Gasteiger partial charge in [0.25, 0.3) is 0 Å². The van der Waals surface area contributed by atoms with Crippen LogP contribution in [0.25, 0.3) is 0 Å². The number of aromatic nitrogens is 2. The molecule has 0 saturated carbocycles. The van der Waals surface area contributed by atoms with Crippen LogP contribution >= 0.6 is 0 Å². The van der Waals surface area contributed by atoms with Crippen molar-refractivity contribution in [1.82, 2.24) is 9.97 Å². The van der Waals surface area contributed by atoms with E-state index in [9.17, 15) is 4.79 Å². The number of carbonyl (C=O) groups is 1. The minimum Gasteiger partial charge on any atom is -0.477 e. The van der Waals surface area contributed by atoms with Gasteiger partial charge in [-0.15, -0.1) is 0 Å². The van der Waals surface area contributed by atoms with Gasteiger partial charge in [0.1, 0.15) is 0 Å². The Morgan fingerprint density at radius 3 is 2.94 bits per heavy atom. The number of anilines is 1. The molecular formula is C10H15N3O3. The van der Waals surface area contributed by atoms with Crippen molar-refractivity contribution in [1.29, 1.82) is 0 Å². The monoisotopic (exact) mass is 225 g/mol. The fourth-order valence-electron chi connectivity index (χ4n) is 1.22. The minimum atomic E-state index is -1.05. The second-order valence-electron chi connectivity index (χ2n) is 3.12. The molecular weight excluding hydrogens is 210 g/mol. The predicted molar refractivity (Wildman–Crippen MR) is 58.8 cm³/mol. The molecule has 0 radical (unpaired) electrons. The maximum Gasteiger partial charge on any atom is 0.354 e. The van der Waals surface area contributed by atoms with Crippen LogP contribution < -0.4 is 4.90 Å². The van der Waals surface area contributed by atoms with Crippen LogP contribution in [-0.2, 0) is 4.74 Å². The summed E-state index contributed by atoms with van der Waals surface area (Å²) in [6.45, 7) is 3.84. The third-order valence-electron chi connectivity index (χ3n) is 2.09. The number of rotatable bonds is 6. The summed E-state index contributed by atoms with van der Waals surface area (Å²) in [6.07, 6.45) is 1.45. The van der Waals surface area contributed by atoms with Gasteiger partial charge in [-0.2, -0.15) is 0 Å². The second-order valence-corrected chi connectivity index (χ2v) is 3.12. The number of ether oxygens (including phenoxy) is 1. The maximum atomic E-state index is 10.7. The highest BCUT2D eigenvalue weighted by molar-refractivity contribution is 5.85. The number of hydrogen-bond donors (Lipinski definition) is 1. The Bertz CT molecular complexity index is 357. The summed E-state index contributed by atoms with van der Waals surface area (Å²) < 4.78 is 4.96. The smallest absolute Gasteiger partial charge is 0.354 e. The first-order valence-electron chi connectivity index (χ1n) is 4.99. The molecule has 0 bridgehead atoms. The zero-order valence-corrected chi connectivity index (χ0v) is 9.38. The normalized spacial score (nSPS) is 10.1. The van der Waals surface area contributed by atoms with Crippen molar-refractivity contribution in [2.75, 3.05) is 31.7 Å². The van der Waals surface area contributed by atoms with E-state index in [4.69, 9.17) is 9.84 Å². The van der Waals surface area contributed by atoms with Crippen molar-refractivity contribution in [3.8, 4) is 0 Å². The predicted octanol–water partition coefficient (Wildman–Crippen LogP) is 0.647. The van der Waals surface area contributed by atoms with Crippen LogP contribution in [0.2, 0.25) is 0 Å². The minimum absolute atomic E-state index is 0.000803. The first-order chi connectivity index (χ1) is 7.69. The van der Waals surface area contributed by atoms with Crippen molar-refractivity contribution < 1.29 is 14.6 Å². The first-order valence-corrected chi connectivity index (χ1v) is 4.99. The fourth-order valence-corrected chi connectivity index (χ4v) is 1.22. The van der Waals surface area contributed by atoms with E-state index in [1.807, 2.05) is 11.8 Å². The van der Waals surface area contributed by atoms with Gasteiger partial charge in [0.05, 0.1) is 6.61 Å². The van der Waals surface area contributed by atoms with Crippen LogP contribution in [0.5, 0.6) is 0 Å². The summed E-state index contributed by atoms with van der Waals surface area (Å²) in [5.74, 6) is -0.633. The van der Waals surface area contributed by atoms with Crippen molar-refractivity contribution in [2.24, 2.45) is 0 Å². The quantitative estimate of drug-likeness (QED) is 0.766. The van der Waals surface area contributed by atoms with Gasteiger partial charge in [-0.25, -0.2) is 14.8 Å². The molecule has 0 atom stereocenters. The maximum absolute atomic E-state index is 10.7. The van der Waals surface area contributed by atoms with E-state index in [0.717, 1.165) is 0 Å². The Hall–Kier alpha value is -1.69. The third kappa shape index (κ3) is 3.16. The lowest BCUT2D eigenvalue weighted by Crippen LogP contribution is -2.29. The largest absolute Gasteiger partial charge is 0.477 e. The van der Waals surface area contributed by atoms with Gasteiger partial charge in [-0.05, 0) is 13.0 Å². The summed E-state index contributed by atoms with van der Waals surface area (Å²) in [5, 5.41) is 8.81. The molecule has 1 N–H and O–H groups in total. The number of hydrogen-bond acceptors (Lipinski definition) is 5. The molecule has 0 aromatic carbocycles. The third-order valence-corrected chi connectivity index (χ3v) is 2.09. The molecule has 1 rings (SSSR count). The lowest BCUT2D eigenvalue weighted by atomic mass is 10.4. The highest BCUT2D eigenvalue weighted by atomic mass is 16.5. The summed E-state index contributed by atoms with van der Waals surface area (Å²) in [5.41, 5.74) is 0.000803. The van der Waals surface area contributed by atoms with Gasteiger partial charge in [0.15, 0.2) is 5.69 Å². The molecule has 6 nitrogen and oxygen atoms in total. The van der Waals surface area contributed by atoms with Crippen LogP contribution in [-0.4, -0.2) is 47.8 Å². The molecule has 0 fully saturated rings. The number of aromatic carboxylic acids is 1. The lowest BCUT2D eigenvalue weighted by Gasteiger charge is -2.19. The zero-order valence-electron chi connectivity index (χ0n) is 9.38. The summed E-state index contributed by atoms with van der Waals surface area (Å²) in [4.78, 5) is 20.6. The standard InChI is InChI=1S/C10H15N3O3/c1-3-13(6-7-16-2)10-11-5-4-8(12-10)9(14)15/h4-5H,3,6-7H2,1-2H3,(H,14,15). The van der Waals surface area contributed by atoms with E-state index < -0.39 is 5.97 Å². The average molecular weight is 225 g/mol. The number of likely N-dealkylation sites (N-methyl/N-ethyl adjacent to an activating group) is 1. The molecule has 0 aliphatic rings. The molecule has 1 aromatic rings. The zero-order chi connectivity index (χ0) is 12.0. The van der Waals surface area contributed by atoms with Crippen LogP contribution in [0.4, 0.5) is 5.95 Å². The highest BCUT2D eigenvalue weighted by Crippen LogP contribution is 2.07. The first kappa shape index (κ1) is 12.4. The summed E-state index contributed by atoms with van der Waals surface area (Å²) in [7, 11) is 1.61. The molecule has 0 aliphatic carbocycles. The average Bonchev–Trinajstić information content (AvgIpc) is 2.30. The molecule has 88 valence electrons. The van der Waals surface area contributed by atoms with E-state index >= 15 is 0 Å². The topological polar surface area (TPSA) is 75.5 Å². The van der Waals surface area contributed by atoms with E-state index in [1.54, 1.807) is 7.11 Å². The van der Waals surface area contributed by atoms with Gasteiger partial charge in [0.2, 0.25) is 5.95 Å². The number of carboxylic acids is 1. The Balaban J connectivity index is 2.83. The van der Waals surface area contributed by atoms with Crippen LogP contribution in [0.3, 0.4) is 0 Å². The van der Waals surface area contributed by atoms with Gasteiger partial charge in [0, 0.05) is 26.4 Å². The van der Waals surface area contributed by atoms with Crippen LogP contribution in [0.15, 0.2) is 12.3 Å². The van der Waals surface area contributed by atoms with E-state index in [1.165, 1.54) is 12.3 Å². The van der Waals surface area contributed by atoms with Crippen molar-refractivity contribution in [2.45, 2.75) is 6.92 Å². The van der Waals surface area contributed by atoms with Crippen LogP contribution in [0, 0.1) is 0 Å². The lowest BCUT2D eigenvalue weighted by molar-refractivity contribution is 0.0690. The van der Waals surface area contributed by atoms with E-state index in [0.29, 0.717) is 25.6 Å². The summed E-state index contributed by atoms with van der Waals surface area (Å²) >= 11 is 0. The molecule has 0 unspecified atom stereocenters. The number of methoxy groups -OCH3 is 1. The molecule has 0 aliphatic heterocycles. The Labute approximate surface area is 93.9 Å². The fraction of sp³-hybridized carbons (Fsp3) is 0.500. The van der Waals surface area contributed by atoms with Gasteiger partial charge in [-0.3, -0.25) is 0 Å². The molecule has 0 amide bonds. The SMILES string of the molecule is CCN(CCOC)c1nccc(C(=O)O)n1. The Morgan fingerprint density at radius 2 is 2.38 bits per heavy atom. The van der Waals surface area contributed by atoms with E-state index in [2.05, 4.69) is 9.97 Å². The molecule has 6 heteroatoms. The van der Waals surface area contributed by atoms with Crippen molar-refractivity contribution in [3.63, 3.8) is 0 Å². The van der Waals surface area contributed by atoms with Crippen molar-refractivity contribution >= 4 is 11.9 Å². The summed E-state index contributed by atoms with van der Waals surface area (Å²) in [6, 6.07) is 1.37. The number of carboxylic acid groups (broad SMARTS) is 1. The molecule has 0 saturated heterocycles. The molecule has 16 heavy (non-hydrogen) atoms. The number of nitrogens with zero attached hydrogens (tertiary/aromatic N) is 3. The Kier molecular flexibility index (Phi) is 4.65. The van der Waals surface area contributed by atoms with Gasteiger partial charge in [-0.1, -0.05) is 0 Å².